The van der Waals surface area contributed by atoms with Gasteiger partial charge in [0.2, 0.25) is 0 Å². The molecule has 0 aromatic heterocycles. The van der Waals surface area contributed by atoms with E-state index in [4.69, 9.17) is 4.74 Å². The molecule has 1 aromatic rings. The standard InChI is InChI=1S/C13H18BrNO2S/c1-3-8-15-12(13(16)17-2)9-18-11-6-4-10(14)5-7-11/h4-7,12,15H,3,8-9H2,1-2H3. The molecule has 0 aliphatic heterocycles. The first-order valence-corrected chi connectivity index (χ1v) is 7.64. The maximum absolute atomic E-state index is 11.6. The van der Waals surface area contributed by atoms with Gasteiger partial charge < -0.3 is 10.1 Å². The molecule has 0 fully saturated rings. The van der Waals surface area contributed by atoms with Gasteiger partial charge in [0.05, 0.1) is 7.11 Å². The number of hydrogen-bond donors (Lipinski definition) is 1. The molecule has 0 heterocycles. The molecule has 0 aliphatic rings. The second kappa shape index (κ2) is 8.56. The average molecular weight is 332 g/mol. The van der Waals surface area contributed by atoms with Crippen molar-refractivity contribution in [2.75, 3.05) is 19.4 Å². The maximum Gasteiger partial charge on any atom is 0.323 e. The van der Waals surface area contributed by atoms with Gasteiger partial charge in [0.25, 0.3) is 0 Å². The number of ether oxygens (including phenoxy) is 1. The van der Waals surface area contributed by atoms with Crippen LogP contribution in [0.15, 0.2) is 33.6 Å². The third-order valence-electron chi connectivity index (χ3n) is 2.36. The van der Waals surface area contributed by atoms with Crippen molar-refractivity contribution >= 4 is 33.7 Å². The van der Waals surface area contributed by atoms with Gasteiger partial charge in [-0.2, -0.15) is 0 Å². The Labute approximate surface area is 121 Å². The minimum absolute atomic E-state index is 0.201. The van der Waals surface area contributed by atoms with E-state index in [-0.39, 0.29) is 12.0 Å². The molecule has 100 valence electrons. The quantitative estimate of drug-likeness (QED) is 0.615. The van der Waals surface area contributed by atoms with Crippen LogP contribution < -0.4 is 5.32 Å². The van der Waals surface area contributed by atoms with E-state index < -0.39 is 0 Å². The number of hydrogen-bond acceptors (Lipinski definition) is 4. The molecule has 0 spiro atoms. The third kappa shape index (κ3) is 5.42. The third-order valence-corrected chi connectivity index (χ3v) is 3.99. The summed E-state index contributed by atoms with van der Waals surface area (Å²) in [6.07, 6.45) is 0.996. The van der Waals surface area contributed by atoms with Crippen LogP contribution in [0.3, 0.4) is 0 Å². The second-order valence-corrected chi connectivity index (χ2v) is 5.80. The molecule has 0 bridgehead atoms. The molecule has 1 rings (SSSR count). The summed E-state index contributed by atoms with van der Waals surface area (Å²) in [5.74, 6) is 0.474. The molecule has 1 unspecified atom stereocenters. The molecule has 0 radical (unpaired) electrons. The van der Waals surface area contributed by atoms with Gasteiger partial charge in [-0.15, -0.1) is 11.8 Å². The summed E-state index contributed by atoms with van der Waals surface area (Å²) >= 11 is 5.05. The van der Waals surface area contributed by atoms with Crippen molar-refractivity contribution in [2.24, 2.45) is 0 Å². The highest BCUT2D eigenvalue weighted by Gasteiger charge is 2.18. The highest BCUT2D eigenvalue weighted by atomic mass is 79.9. The van der Waals surface area contributed by atoms with Crippen molar-refractivity contribution < 1.29 is 9.53 Å². The first-order chi connectivity index (χ1) is 8.67. The lowest BCUT2D eigenvalue weighted by Crippen LogP contribution is -2.40. The van der Waals surface area contributed by atoms with Crippen molar-refractivity contribution in [1.82, 2.24) is 5.32 Å². The summed E-state index contributed by atoms with van der Waals surface area (Å²) in [5.41, 5.74) is 0. The van der Waals surface area contributed by atoms with Gasteiger partial charge >= 0.3 is 5.97 Å². The highest BCUT2D eigenvalue weighted by Crippen LogP contribution is 2.21. The van der Waals surface area contributed by atoms with Crippen LogP contribution in [0, 0.1) is 0 Å². The zero-order valence-corrected chi connectivity index (χ0v) is 13.0. The number of nitrogens with one attached hydrogen (secondary N) is 1. The van der Waals surface area contributed by atoms with Crippen molar-refractivity contribution in [3.8, 4) is 0 Å². The minimum Gasteiger partial charge on any atom is -0.468 e. The summed E-state index contributed by atoms with van der Waals surface area (Å²) in [4.78, 5) is 12.7. The molecule has 1 atom stereocenters. The zero-order chi connectivity index (χ0) is 13.4. The monoisotopic (exact) mass is 331 g/mol. The number of carbonyl (C=O) groups excluding carboxylic acids is 1. The number of thioether (sulfide) groups is 1. The van der Waals surface area contributed by atoms with Crippen LogP contribution in [0.4, 0.5) is 0 Å². The summed E-state index contributed by atoms with van der Waals surface area (Å²) in [7, 11) is 1.42. The molecule has 1 aromatic carbocycles. The van der Waals surface area contributed by atoms with Crippen molar-refractivity contribution in [2.45, 2.75) is 24.3 Å². The van der Waals surface area contributed by atoms with E-state index in [9.17, 15) is 4.79 Å². The molecular weight excluding hydrogens is 314 g/mol. The van der Waals surface area contributed by atoms with Crippen molar-refractivity contribution in [1.29, 1.82) is 0 Å². The van der Waals surface area contributed by atoms with Crippen LogP contribution in [0.2, 0.25) is 0 Å². The fraction of sp³-hybridized carbons (Fsp3) is 0.462. The Hall–Kier alpha value is -0.520. The Morgan fingerprint density at radius 2 is 2.11 bits per heavy atom. The number of halogens is 1. The first-order valence-electron chi connectivity index (χ1n) is 5.87. The van der Waals surface area contributed by atoms with E-state index in [0.29, 0.717) is 5.75 Å². The van der Waals surface area contributed by atoms with E-state index in [1.165, 1.54) is 7.11 Å². The normalized spacial score (nSPS) is 12.2. The van der Waals surface area contributed by atoms with Crippen molar-refractivity contribution in [3.05, 3.63) is 28.7 Å². The molecule has 0 amide bonds. The van der Waals surface area contributed by atoms with Crippen LogP contribution in [-0.4, -0.2) is 31.4 Å². The van der Waals surface area contributed by atoms with Gasteiger partial charge in [0.1, 0.15) is 6.04 Å². The largest absolute Gasteiger partial charge is 0.468 e. The molecular formula is C13H18BrNO2S. The SMILES string of the molecule is CCCNC(CSc1ccc(Br)cc1)C(=O)OC. The van der Waals surface area contributed by atoms with Crippen LogP contribution in [0.25, 0.3) is 0 Å². The Morgan fingerprint density at radius 3 is 2.67 bits per heavy atom. The Balaban J connectivity index is 2.50. The lowest BCUT2D eigenvalue weighted by atomic mass is 10.3. The van der Waals surface area contributed by atoms with E-state index in [2.05, 4.69) is 28.2 Å². The van der Waals surface area contributed by atoms with Gasteiger partial charge in [-0.1, -0.05) is 22.9 Å². The lowest BCUT2D eigenvalue weighted by Gasteiger charge is -2.15. The minimum atomic E-state index is -0.247. The van der Waals surface area contributed by atoms with Crippen LogP contribution in [0.1, 0.15) is 13.3 Å². The zero-order valence-electron chi connectivity index (χ0n) is 10.6. The number of rotatable bonds is 7. The van der Waals surface area contributed by atoms with Crippen LogP contribution in [-0.2, 0) is 9.53 Å². The summed E-state index contributed by atoms with van der Waals surface area (Å²) < 4.78 is 5.85. The summed E-state index contributed by atoms with van der Waals surface area (Å²) in [5, 5.41) is 3.20. The number of carbonyl (C=O) groups is 1. The molecule has 5 heteroatoms. The Morgan fingerprint density at radius 1 is 1.44 bits per heavy atom. The molecule has 0 aliphatic carbocycles. The average Bonchev–Trinajstić information content (AvgIpc) is 2.40. The van der Waals surface area contributed by atoms with Gasteiger partial charge in [-0.25, -0.2) is 0 Å². The van der Waals surface area contributed by atoms with Gasteiger partial charge in [-0.3, -0.25) is 4.79 Å². The predicted molar refractivity (Wildman–Crippen MR) is 79.0 cm³/mol. The van der Waals surface area contributed by atoms with Gasteiger partial charge in [0.15, 0.2) is 0 Å². The Kier molecular flexibility index (Phi) is 7.39. The molecule has 18 heavy (non-hydrogen) atoms. The van der Waals surface area contributed by atoms with E-state index in [1.807, 2.05) is 24.3 Å². The maximum atomic E-state index is 11.6. The Bertz CT molecular complexity index is 370. The molecule has 0 saturated heterocycles. The number of methoxy groups -OCH3 is 1. The summed E-state index contributed by atoms with van der Waals surface area (Å²) in [6.45, 7) is 2.89. The topological polar surface area (TPSA) is 38.3 Å². The van der Waals surface area contributed by atoms with E-state index >= 15 is 0 Å². The number of esters is 1. The van der Waals surface area contributed by atoms with Crippen LogP contribution in [0.5, 0.6) is 0 Å². The fourth-order valence-electron chi connectivity index (χ4n) is 1.38. The highest BCUT2D eigenvalue weighted by molar-refractivity contribution is 9.10. The van der Waals surface area contributed by atoms with Crippen LogP contribution >= 0.6 is 27.7 Å². The van der Waals surface area contributed by atoms with Gasteiger partial charge in [-0.05, 0) is 37.2 Å². The summed E-state index contributed by atoms with van der Waals surface area (Å²) in [6, 6.07) is 7.80. The van der Waals surface area contributed by atoms with Crippen molar-refractivity contribution in [3.63, 3.8) is 0 Å². The van der Waals surface area contributed by atoms with E-state index in [0.717, 1.165) is 22.3 Å². The second-order valence-electron chi connectivity index (χ2n) is 3.79. The molecule has 0 saturated carbocycles. The van der Waals surface area contributed by atoms with Gasteiger partial charge in [0, 0.05) is 15.1 Å². The van der Waals surface area contributed by atoms with E-state index in [1.54, 1.807) is 11.8 Å². The molecule has 3 nitrogen and oxygen atoms in total. The predicted octanol–water partition coefficient (Wildman–Crippen LogP) is 3.08. The first kappa shape index (κ1) is 15.5. The molecule has 1 N–H and O–H groups in total. The number of benzene rings is 1. The smallest absolute Gasteiger partial charge is 0.323 e. The fourth-order valence-corrected chi connectivity index (χ4v) is 2.59. The lowest BCUT2D eigenvalue weighted by molar-refractivity contribution is -0.142.